The molecular weight excluding hydrogens is 192 g/mol. The zero-order valence-electron chi connectivity index (χ0n) is 9.31. The summed E-state index contributed by atoms with van der Waals surface area (Å²) >= 11 is 6.30. The Labute approximate surface area is 92.3 Å². The zero-order valence-corrected chi connectivity index (χ0v) is 10.1. The van der Waals surface area contributed by atoms with E-state index in [-0.39, 0.29) is 5.38 Å². The van der Waals surface area contributed by atoms with Gasteiger partial charge in [-0.2, -0.15) is 0 Å². The van der Waals surface area contributed by atoms with E-state index in [4.69, 9.17) is 11.6 Å². The highest BCUT2D eigenvalue weighted by Crippen LogP contribution is 2.28. The number of aryl methyl sites for hydroxylation is 2. The van der Waals surface area contributed by atoms with Crippen LogP contribution in [0.5, 0.6) is 0 Å². The molecule has 0 aliphatic rings. The van der Waals surface area contributed by atoms with Gasteiger partial charge < -0.3 is 0 Å². The highest BCUT2D eigenvalue weighted by molar-refractivity contribution is 6.20. The Balaban J connectivity index is 3.08. The molecular formula is C13H19Cl. The highest BCUT2D eigenvalue weighted by Gasteiger charge is 2.09. The maximum atomic E-state index is 6.30. The van der Waals surface area contributed by atoms with E-state index < -0.39 is 0 Å². The molecule has 1 heteroatoms. The number of rotatable bonds is 4. The van der Waals surface area contributed by atoms with Crippen LogP contribution in [-0.4, -0.2) is 0 Å². The molecule has 0 spiro atoms. The van der Waals surface area contributed by atoms with Gasteiger partial charge in [0.25, 0.3) is 0 Å². The summed E-state index contributed by atoms with van der Waals surface area (Å²) in [6.07, 6.45) is 3.16. The predicted molar refractivity (Wildman–Crippen MR) is 64.1 cm³/mol. The molecule has 0 saturated carbocycles. The molecule has 1 aromatic carbocycles. The fourth-order valence-corrected chi connectivity index (χ4v) is 1.90. The maximum absolute atomic E-state index is 6.30. The Morgan fingerprint density at radius 3 is 2.36 bits per heavy atom. The van der Waals surface area contributed by atoms with Crippen molar-refractivity contribution in [2.45, 2.75) is 45.4 Å². The standard InChI is InChI=1S/C13H19Cl/c1-4-10-7-8-11(5-2)12(9-10)13(14)6-3/h7-9,13H,4-6H2,1-3H3. The van der Waals surface area contributed by atoms with Gasteiger partial charge in [-0.05, 0) is 36.0 Å². The lowest BCUT2D eigenvalue weighted by Crippen LogP contribution is -1.97. The molecule has 1 unspecified atom stereocenters. The first-order valence-corrected chi connectivity index (χ1v) is 5.92. The summed E-state index contributed by atoms with van der Waals surface area (Å²) in [5.41, 5.74) is 4.11. The van der Waals surface area contributed by atoms with Crippen molar-refractivity contribution in [3.63, 3.8) is 0 Å². The summed E-state index contributed by atoms with van der Waals surface area (Å²) in [6.45, 7) is 6.50. The van der Waals surface area contributed by atoms with E-state index in [0.29, 0.717) is 0 Å². The number of halogens is 1. The van der Waals surface area contributed by atoms with Gasteiger partial charge >= 0.3 is 0 Å². The van der Waals surface area contributed by atoms with E-state index in [2.05, 4.69) is 39.0 Å². The number of alkyl halides is 1. The van der Waals surface area contributed by atoms with Gasteiger partial charge in [0, 0.05) is 0 Å². The highest BCUT2D eigenvalue weighted by atomic mass is 35.5. The Hall–Kier alpha value is -0.490. The first kappa shape index (κ1) is 11.6. The van der Waals surface area contributed by atoms with E-state index in [0.717, 1.165) is 19.3 Å². The summed E-state index contributed by atoms with van der Waals surface area (Å²) in [5, 5.41) is 0.177. The Morgan fingerprint density at radius 1 is 1.14 bits per heavy atom. The molecule has 1 rings (SSSR count). The van der Waals surface area contributed by atoms with Crippen molar-refractivity contribution < 1.29 is 0 Å². The summed E-state index contributed by atoms with van der Waals surface area (Å²) in [5.74, 6) is 0. The van der Waals surface area contributed by atoms with Crippen LogP contribution in [0.2, 0.25) is 0 Å². The van der Waals surface area contributed by atoms with Crippen LogP contribution in [-0.2, 0) is 12.8 Å². The fraction of sp³-hybridized carbons (Fsp3) is 0.538. The van der Waals surface area contributed by atoms with Gasteiger partial charge in [-0.15, -0.1) is 11.6 Å². The van der Waals surface area contributed by atoms with E-state index in [1.807, 2.05) is 0 Å². The lowest BCUT2D eigenvalue weighted by Gasteiger charge is -2.13. The van der Waals surface area contributed by atoms with Crippen LogP contribution in [0, 0.1) is 0 Å². The van der Waals surface area contributed by atoms with Crippen molar-refractivity contribution in [3.8, 4) is 0 Å². The van der Waals surface area contributed by atoms with Gasteiger partial charge in [-0.1, -0.05) is 39.0 Å². The van der Waals surface area contributed by atoms with Gasteiger partial charge in [0.2, 0.25) is 0 Å². The summed E-state index contributed by atoms with van der Waals surface area (Å²) in [4.78, 5) is 0. The van der Waals surface area contributed by atoms with Crippen LogP contribution < -0.4 is 0 Å². The molecule has 0 saturated heterocycles. The van der Waals surface area contributed by atoms with Crippen molar-refractivity contribution in [3.05, 3.63) is 34.9 Å². The minimum absolute atomic E-state index is 0.177. The molecule has 1 aromatic rings. The van der Waals surface area contributed by atoms with Gasteiger partial charge in [-0.3, -0.25) is 0 Å². The van der Waals surface area contributed by atoms with Crippen LogP contribution in [0.4, 0.5) is 0 Å². The Bertz CT molecular complexity index is 291. The monoisotopic (exact) mass is 210 g/mol. The molecule has 1 atom stereocenters. The molecule has 0 bridgehead atoms. The quantitative estimate of drug-likeness (QED) is 0.642. The van der Waals surface area contributed by atoms with Crippen LogP contribution in [0.3, 0.4) is 0 Å². The van der Waals surface area contributed by atoms with E-state index in [9.17, 15) is 0 Å². The maximum Gasteiger partial charge on any atom is 0.0585 e. The minimum Gasteiger partial charge on any atom is -0.118 e. The lowest BCUT2D eigenvalue weighted by molar-refractivity contribution is 0.860. The van der Waals surface area contributed by atoms with Crippen LogP contribution >= 0.6 is 11.6 Å². The summed E-state index contributed by atoms with van der Waals surface area (Å²) in [6, 6.07) is 6.70. The third-order valence-corrected chi connectivity index (χ3v) is 3.24. The molecule has 14 heavy (non-hydrogen) atoms. The molecule has 0 N–H and O–H groups in total. The first-order valence-electron chi connectivity index (χ1n) is 5.48. The average molecular weight is 211 g/mol. The molecule has 0 aromatic heterocycles. The van der Waals surface area contributed by atoms with Crippen molar-refractivity contribution in [2.75, 3.05) is 0 Å². The van der Waals surface area contributed by atoms with Crippen molar-refractivity contribution >= 4 is 11.6 Å². The fourth-order valence-electron chi connectivity index (χ4n) is 1.70. The Morgan fingerprint density at radius 2 is 1.86 bits per heavy atom. The molecule has 0 heterocycles. The second-order valence-electron chi connectivity index (χ2n) is 3.62. The van der Waals surface area contributed by atoms with Crippen molar-refractivity contribution in [1.29, 1.82) is 0 Å². The lowest BCUT2D eigenvalue weighted by atomic mass is 9.97. The molecule has 0 nitrogen and oxygen atoms in total. The first-order chi connectivity index (χ1) is 6.72. The number of benzene rings is 1. The smallest absolute Gasteiger partial charge is 0.0585 e. The topological polar surface area (TPSA) is 0 Å². The SMILES string of the molecule is CCc1ccc(CC)c(C(Cl)CC)c1. The number of hydrogen-bond acceptors (Lipinski definition) is 0. The second kappa shape index (κ2) is 5.41. The zero-order chi connectivity index (χ0) is 10.6. The van der Waals surface area contributed by atoms with Crippen molar-refractivity contribution in [1.82, 2.24) is 0 Å². The van der Waals surface area contributed by atoms with Crippen LogP contribution in [0.1, 0.15) is 49.3 Å². The van der Waals surface area contributed by atoms with E-state index in [1.54, 1.807) is 0 Å². The van der Waals surface area contributed by atoms with Gasteiger partial charge in [0.1, 0.15) is 0 Å². The van der Waals surface area contributed by atoms with Gasteiger partial charge in [0.15, 0.2) is 0 Å². The average Bonchev–Trinajstić information content (AvgIpc) is 2.27. The van der Waals surface area contributed by atoms with Crippen LogP contribution in [0.15, 0.2) is 18.2 Å². The molecule has 0 amide bonds. The minimum atomic E-state index is 0.177. The van der Waals surface area contributed by atoms with E-state index >= 15 is 0 Å². The summed E-state index contributed by atoms with van der Waals surface area (Å²) in [7, 11) is 0. The molecule has 0 radical (unpaired) electrons. The summed E-state index contributed by atoms with van der Waals surface area (Å²) < 4.78 is 0. The predicted octanol–water partition coefficient (Wildman–Crippen LogP) is 4.50. The molecule has 0 fully saturated rings. The molecule has 0 aliphatic heterocycles. The second-order valence-corrected chi connectivity index (χ2v) is 4.14. The number of hydrogen-bond donors (Lipinski definition) is 0. The molecule has 0 aliphatic carbocycles. The van der Waals surface area contributed by atoms with Gasteiger partial charge in [-0.25, -0.2) is 0 Å². The third-order valence-electron chi connectivity index (χ3n) is 2.70. The third kappa shape index (κ3) is 2.51. The van der Waals surface area contributed by atoms with Gasteiger partial charge in [0.05, 0.1) is 5.38 Å². The normalized spacial score (nSPS) is 12.9. The molecule has 78 valence electrons. The van der Waals surface area contributed by atoms with E-state index in [1.165, 1.54) is 16.7 Å². The van der Waals surface area contributed by atoms with Crippen molar-refractivity contribution in [2.24, 2.45) is 0 Å². The van der Waals surface area contributed by atoms with Crippen LogP contribution in [0.25, 0.3) is 0 Å². The largest absolute Gasteiger partial charge is 0.118 e. The Kier molecular flexibility index (Phi) is 4.47.